The Morgan fingerprint density at radius 3 is 2.82 bits per heavy atom. The average molecular weight is 260 g/mol. The van der Waals surface area contributed by atoms with Gasteiger partial charge in [-0.05, 0) is 6.07 Å². The summed E-state index contributed by atoms with van der Waals surface area (Å²) < 4.78 is 29.9. The fourth-order valence-corrected chi connectivity index (χ4v) is 2.04. The highest BCUT2D eigenvalue weighted by atomic mass is 32.2. The topological polar surface area (TPSA) is 137 Å². The largest absolute Gasteiger partial charge is 0.448 e. The standard InChI is InChI=1S/C8H12N4O4S/c9-7-5-6(1-2-11-7)17(14,15)12-3-4-16-8(10)13/h1-2,5,12H,3-4H2,(H2,9,11)(H2,10,13). The molecular weight excluding hydrogens is 248 g/mol. The van der Waals surface area contributed by atoms with Crippen molar-refractivity contribution < 1.29 is 17.9 Å². The zero-order chi connectivity index (χ0) is 12.9. The fourth-order valence-electron chi connectivity index (χ4n) is 1.01. The summed E-state index contributed by atoms with van der Waals surface area (Å²) in [5.41, 5.74) is 10.1. The molecule has 0 aliphatic rings. The molecule has 1 aromatic heterocycles. The molecule has 8 nitrogen and oxygen atoms in total. The first-order valence-electron chi connectivity index (χ1n) is 4.55. The van der Waals surface area contributed by atoms with Crippen molar-refractivity contribution in [3.63, 3.8) is 0 Å². The van der Waals surface area contributed by atoms with E-state index in [2.05, 4.69) is 14.4 Å². The van der Waals surface area contributed by atoms with Crippen LogP contribution in [-0.2, 0) is 14.8 Å². The number of hydrogen-bond donors (Lipinski definition) is 3. The molecule has 0 aliphatic carbocycles. The van der Waals surface area contributed by atoms with Crippen molar-refractivity contribution in [2.24, 2.45) is 5.73 Å². The van der Waals surface area contributed by atoms with E-state index in [1.54, 1.807) is 0 Å². The van der Waals surface area contributed by atoms with Crippen LogP contribution in [0.1, 0.15) is 0 Å². The maximum Gasteiger partial charge on any atom is 0.404 e. The second-order valence-corrected chi connectivity index (χ2v) is 4.75. The maximum absolute atomic E-state index is 11.7. The second kappa shape index (κ2) is 5.46. The first-order valence-corrected chi connectivity index (χ1v) is 6.03. The van der Waals surface area contributed by atoms with E-state index in [0.29, 0.717) is 0 Å². The Hall–Kier alpha value is -1.87. The third kappa shape index (κ3) is 4.25. The van der Waals surface area contributed by atoms with Gasteiger partial charge in [0, 0.05) is 18.8 Å². The van der Waals surface area contributed by atoms with E-state index in [9.17, 15) is 13.2 Å². The van der Waals surface area contributed by atoms with Gasteiger partial charge in [0.15, 0.2) is 0 Å². The number of hydrogen-bond acceptors (Lipinski definition) is 6. The Labute approximate surface area is 98.0 Å². The Balaban J connectivity index is 2.60. The minimum atomic E-state index is -3.68. The molecule has 0 fully saturated rings. The van der Waals surface area contributed by atoms with E-state index in [1.807, 2.05) is 0 Å². The van der Waals surface area contributed by atoms with Gasteiger partial charge < -0.3 is 16.2 Å². The van der Waals surface area contributed by atoms with E-state index < -0.39 is 16.1 Å². The molecule has 1 heterocycles. The van der Waals surface area contributed by atoms with Crippen molar-refractivity contribution in [2.45, 2.75) is 4.90 Å². The minimum Gasteiger partial charge on any atom is -0.448 e. The molecule has 0 aromatic carbocycles. The first kappa shape index (κ1) is 13.2. The monoisotopic (exact) mass is 260 g/mol. The molecule has 0 atom stereocenters. The summed E-state index contributed by atoms with van der Waals surface area (Å²) in [4.78, 5) is 13.9. The molecule has 17 heavy (non-hydrogen) atoms. The maximum atomic E-state index is 11.7. The highest BCUT2D eigenvalue weighted by Crippen LogP contribution is 2.09. The van der Waals surface area contributed by atoms with Gasteiger partial charge in [-0.3, -0.25) is 0 Å². The van der Waals surface area contributed by atoms with Crippen LogP contribution in [0, 0.1) is 0 Å². The van der Waals surface area contributed by atoms with Gasteiger partial charge in [-0.15, -0.1) is 0 Å². The molecule has 0 bridgehead atoms. The highest BCUT2D eigenvalue weighted by Gasteiger charge is 2.13. The van der Waals surface area contributed by atoms with Crippen molar-refractivity contribution in [2.75, 3.05) is 18.9 Å². The summed E-state index contributed by atoms with van der Waals surface area (Å²) in [5, 5.41) is 0. The number of pyridine rings is 1. The van der Waals surface area contributed by atoms with Gasteiger partial charge in [0.1, 0.15) is 12.4 Å². The number of ether oxygens (including phenoxy) is 1. The molecule has 0 aliphatic heterocycles. The summed E-state index contributed by atoms with van der Waals surface area (Å²) in [6.07, 6.45) is 0.321. The van der Waals surface area contributed by atoms with Crippen LogP contribution in [0.4, 0.5) is 10.6 Å². The quantitative estimate of drug-likeness (QED) is 0.583. The number of carbonyl (C=O) groups is 1. The normalized spacial score (nSPS) is 11.1. The van der Waals surface area contributed by atoms with Crippen molar-refractivity contribution in [1.82, 2.24) is 9.71 Å². The molecule has 5 N–H and O–H groups in total. The van der Waals surface area contributed by atoms with Crippen LogP contribution in [0.2, 0.25) is 0 Å². The zero-order valence-electron chi connectivity index (χ0n) is 8.79. The Morgan fingerprint density at radius 2 is 2.24 bits per heavy atom. The van der Waals surface area contributed by atoms with Crippen LogP contribution in [-0.4, -0.2) is 32.6 Å². The summed E-state index contributed by atoms with van der Waals surface area (Å²) >= 11 is 0. The fraction of sp³-hybridized carbons (Fsp3) is 0.250. The molecule has 0 saturated heterocycles. The van der Waals surface area contributed by atoms with Crippen molar-refractivity contribution in [3.8, 4) is 0 Å². The average Bonchev–Trinajstić information content (AvgIpc) is 2.24. The van der Waals surface area contributed by atoms with Gasteiger partial charge in [-0.2, -0.15) is 0 Å². The lowest BCUT2D eigenvalue weighted by molar-refractivity contribution is 0.159. The van der Waals surface area contributed by atoms with E-state index in [4.69, 9.17) is 11.5 Å². The SMILES string of the molecule is NC(=O)OCCNS(=O)(=O)c1ccnc(N)c1. The molecule has 0 spiro atoms. The van der Waals surface area contributed by atoms with E-state index in [1.165, 1.54) is 18.3 Å². The summed E-state index contributed by atoms with van der Waals surface area (Å²) in [7, 11) is -3.68. The van der Waals surface area contributed by atoms with Gasteiger partial charge in [-0.1, -0.05) is 0 Å². The third-order valence-electron chi connectivity index (χ3n) is 1.70. The Kier molecular flexibility index (Phi) is 4.24. The van der Waals surface area contributed by atoms with Crippen molar-refractivity contribution in [3.05, 3.63) is 18.3 Å². The zero-order valence-corrected chi connectivity index (χ0v) is 9.61. The van der Waals surface area contributed by atoms with Crippen LogP contribution in [0.25, 0.3) is 0 Å². The minimum absolute atomic E-state index is 0.0101. The summed E-state index contributed by atoms with van der Waals surface area (Å²) in [5.74, 6) is 0.0984. The highest BCUT2D eigenvalue weighted by molar-refractivity contribution is 7.89. The first-order chi connectivity index (χ1) is 7.92. The number of nitrogens with zero attached hydrogens (tertiary/aromatic N) is 1. The number of nitrogens with two attached hydrogens (primary N) is 2. The molecule has 1 rings (SSSR count). The van der Waals surface area contributed by atoms with Gasteiger partial charge in [-0.25, -0.2) is 22.9 Å². The lowest BCUT2D eigenvalue weighted by Gasteiger charge is -2.06. The summed E-state index contributed by atoms with van der Waals surface area (Å²) in [6.45, 7) is -0.220. The number of carbonyl (C=O) groups excluding carboxylic acids is 1. The molecular formula is C8H12N4O4S. The predicted molar refractivity (Wildman–Crippen MR) is 59.4 cm³/mol. The van der Waals surface area contributed by atoms with E-state index >= 15 is 0 Å². The smallest absolute Gasteiger partial charge is 0.404 e. The summed E-state index contributed by atoms with van der Waals surface area (Å²) in [6, 6.07) is 2.52. The number of primary amides is 1. The molecule has 94 valence electrons. The number of sulfonamides is 1. The van der Waals surface area contributed by atoms with Crippen LogP contribution in [0.3, 0.4) is 0 Å². The lowest BCUT2D eigenvalue weighted by atomic mass is 10.5. The number of nitrogens with one attached hydrogen (secondary N) is 1. The lowest BCUT2D eigenvalue weighted by Crippen LogP contribution is -2.29. The van der Waals surface area contributed by atoms with Crippen molar-refractivity contribution >= 4 is 21.9 Å². The van der Waals surface area contributed by atoms with Gasteiger partial charge >= 0.3 is 6.09 Å². The predicted octanol–water partition coefficient (Wildman–Crippen LogP) is -0.963. The van der Waals surface area contributed by atoms with E-state index in [0.717, 1.165) is 0 Å². The van der Waals surface area contributed by atoms with E-state index in [-0.39, 0.29) is 23.9 Å². The number of anilines is 1. The van der Waals surface area contributed by atoms with Gasteiger partial charge in [0.05, 0.1) is 4.90 Å². The molecule has 1 aromatic rings. The molecule has 9 heteroatoms. The molecule has 0 unspecified atom stereocenters. The van der Waals surface area contributed by atoms with Gasteiger partial charge in [0.25, 0.3) is 0 Å². The Morgan fingerprint density at radius 1 is 1.53 bits per heavy atom. The van der Waals surface area contributed by atoms with Crippen molar-refractivity contribution in [1.29, 1.82) is 0 Å². The Bertz CT molecular complexity index is 502. The number of amides is 1. The third-order valence-corrected chi connectivity index (χ3v) is 3.16. The van der Waals surface area contributed by atoms with Crippen LogP contribution in [0.5, 0.6) is 0 Å². The van der Waals surface area contributed by atoms with Crippen LogP contribution in [0.15, 0.2) is 23.2 Å². The van der Waals surface area contributed by atoms with Crippen LogP contribution >= 0.6 is 0 Å². The number of nitrogen functional groups attached to an aromatic ring is 1. The molecule has 0 saturated carbocycles. The molecule has 1 amide bonds. The number of aromatic nitrogens is 1. The van der Waals surface area contributed by atoms with Crippen LogP contribution < -0.4 is 16.2 Å². The van der Waals surface area contributed by atoms with Gasteiger partial charge in [0.2, 0.25) is 10.0 Å². The number of rotatable bonds is 5. The molecule has 0 radical (unpaired) electrons. The second-order valence-electron chi connectivity index (χ2n) is 2.98.